The Morgan fingerprint density at radius 1 is 1.04 bits per heavy atom. The first kappa shape index (κ1) is 18.0. The number of aryl methyl sites for hydroxylation is 1. The zero-order valence-electron chi connectivity index (χ0n) is 15.8. The standard InChI is InChI=1S/C23H22N2O3/c1-17-7-9-18(10-8-17)15-24-11-12-25(16-22(24)26)23(27)20-5-2-4-19(14-20)21-6-3-13-28-21/h2-10,13-14H,11-12,15-16H2,1H3. The third kappa shape index (κ3) is 3.83. The molecule has 2 aromatic carbocycles. The second-order valence-electron chi connectivity index (χ2n) is 7.09. The van der Waals surface area contributed by atoms with Crippen LogP contribution in [-0.2, 0) is 11.3 Å². The van der Waals surface area contributed by atoms with E-state index in [2.05, 4.69) is 0 Å². The number of amides is 2. The first-order valence-corrected chi connectivity index (χ1v) is 9.37. The highest BCUT2D eigenvalue weighted by molar-refractivity contribution is 5.97. The average molecular weight is 374 g/mol. The molecule has 1 fully saturated rings. The van der Waals surface area contributed by atoms with Gasteiger partial charge in [0.05, 0.1) is 6.26 Å². The molecule has 0 atom stereocenters. The number of benzene rings is 2. The summed E-state index contributed by atoms with van der Waals surface area (Å²) in [4.78, 5) is 28.9. The number of piperazine rings is 1. The van der Waals surface area contributed by atoms with Gasteiger partial charge in [-0.25, -0.2) is 0 Å². The van der Waals surface area contributed by atoms with Crippen LogP contribution < -0.4 is 0 Å². The van der Waals surface area contributed by atoms with Crippen LogP contribution in [0.5, 0.6) is 0 Å². The summed E-state index contributed by atoms with van der Waals surface area (Å²) in [5.41, 5.74) is 3.71. The van der Waals surface area contributed by atoms with Crippen molar-refractivity contribution in [3.63, 3.8) is 0 Å². The van der Waals surface area contributed by atoms with Crippen LogP contribution in [0, 0.1) is 6.92 Å². The fourth-order valence-corrected chi connectivity index (χ4v) is 3.39. The Bertz CT molecular complexity index is 977. The predicted octanol–water partition coefficient (Wildman–Crippen LogP) is 3.74. The maximum absolute atomic E-state index is 12.9. The van der Waals surface area contributed by atoms with Gasteiger partial charge in [-0.3, -0.25) is 9.59 Å². The van der Waals surface area contributed by atoms with E-state index in [4.69, 9.17) is 4.42 Å². The van der Waals surface area contributed by atoms with Crippen molar-refractivity contribution in [2.45, 2.75) is 13.5 Å². The number of hydrogen-bond donors (Lipinski definition) is 0. The molecule has 0 bridgehead atoms. The van der Waals surface area contributed by atoms with Gasteiger partial charge in [-0.15, -0.1) is 0 Å². The number of furan rings is 1. The summed E-state index contributed by atoms with van der Waals surface area (Å²) in [5, 5.41) is 0. The van der Waals surface area contributed by atoms with E-state index < -0.39 is 0 Å². The molecular formula is C23H22N2O3. The Morgan fingerprint density at radius 2 is 1.86 bits per heavy atom. The van der Waals surface area contributed by atoms with Crippen LogP contribution in [0.3, 0.4) is 0 Å². The van der Waals surface area contributed by atoms with E-state index in [1.807, 2.05) is 66.4 Å². The van der Waals surface area contributed by atoms with E-state index in [9.17, 15) is 9.59 Å². The van der Waals surface area contributed by atoms with Gasteiger partial charge in [-0.05, 0) is 36.8 Å². The molecule has 0 radical (unpaired) electrons. The Kier molecular flexibility index (Phi) is 4.98. The molecule has 0 unspecified atom stereocenters. The van der Waals surface area contributed by atoms with Crippen LogP contribution in [0.25, 0.3) is 11.3 Å². The van der Waals surface area contributed by atoms with Gasteiger partial charge >= 0.3 is 0 Å². The fourth-order valence-electron chi connectivity index (χ4n) is 3.39. The fraction of sp³-hybridized carbons (Fsp3) is 0.217. The van der Waals surface area contributed by atoms with Gasteiger partial charge in [0.25, 0.3) is 5.91 Å². The molecule has 2 amide bonds. The summed E-state index contributed by atoms with van der Waals surface area (Å²) in [6, 6.07) is 19.2. The highest BCUT2D eigenvalue weighted by atomic mass is 16.3. The normalized spacial score (nSPS) is 14.4. The maximum Gasteiger partial charge on any atom is 0.254 e. The first-order chi connectivity index (χ1) is 13.6. The second kappa shape index (κ2) is 7.72. The molecular weight excluding hydrogens is 352 g/mol. The third-order valence-electron chi connectivity index (χ3n) is 5.02. The van der Waals surface area contributed by atoms with E-state index in [0.717, 1.165) is 11.1 Å². The van der Waals surface area contributed by atoms with E-state index >= 15 is 0 Å². The number of rotatable bonds is 4. The largest absolute Gasteiger partial charge is 0.464 e. The second-order valence-corrected chi connectivity index (χ2v) is 7.09. The molecule has 1 aromatic heterocycles. The minimum Gasteiger partial charge on any atom is -0.464 e. The number of carbonyl (C=O) groups excluding carboxylic acids is 2. The molecule has 0 spiro atoms. The minimum absolute atomic E-state index is 0.0256. The van der Waals surface area contributed by atoms with Gasteiger partial charge in [0.2, 0.25) is 5.91 Å². The molecule has 1 saturated heterocycles. The Morgan fingerprint density at radius 3 is 2.57 bits per heavy atom. The van der Waals surface area contributed by atoms with Crippen LogP contribution in [-0.4, -0.2) is 41.2 Å². The van der Waals surface area contributed by atoms with E-state index in [0.29, 0.717) is 31.0 Å². The highest BCUT2D eigenvalue weighted by Crippen LogP contribution is 2.22. The average Bonchev–Trinajstić information content (AvgIpc) is 3.26. The summed E-state index contributed by atoms with van der Waals surface area (Å²) in [5.74, 6) is 0.563. The molecule has 142 valence electrons. The summed E-state index contributed by atoms with van der Waals surface area (Å²) in [6.45, 7) is 3.79. The lowest BCUT2D eigenvalue weighted by atomic mass is 10.1. The van der Waals surface area contributed by atoms with Crippen molar-refractivity contribution in [1.82, 2.24) is 9.80 Å². The highest BCUT2D eigenvalue weighted by Gasteiger charge is 2.27. The Balaban J connectivity index is 1.42. The monoisotopic (exact) mass is 374 g/mol. The lowest BCUT2D eigenvalue weighted by Crippen LogP contribution is -2.51. The molecule has 0 N–H and O–H groups in total. The van der Waals surface area contributed by atoms with Gasteiger partial charge in [0, 0.05) is 30.8 Å². The number of nitrogens with zero attached hydrogens (tertiary/aromatic N) is 2. The van der Waals surface area contributed by atoms with Crippen LogP contribution in [0.2, 0.25) is 0 Å². The quantitative estimate of drug-likeness (QED) is 0.699. The molecule has 0 aliphatic carbocycles. The zero-order valence-corrected chi connectivity index (χ0v) is 15.8. The van der Waals surface area contributed by atoms with Gasteiger partial charge in [0.1, 0.15) is 12.3 Å². The van der Waals surface area contributed by atoms with Crippen molar-refractivity contribution >= 4 is 11.8 Å². The smallest absolute Gasteiger partial charge is 0.254 e. The van der Waals surface area contributed by atoms with Gasteiger partial charge in [0.15, 0.2) is 0 Å². The van der Waals surface area contributed by atoms with Crippen molar-refractivity contribution in [3.05, 3.63) is 83.6 Å². The number of hydrogen-bond acceptors (Lipinski definition) is 3. The molecule has 2 heterocycles. The maximum atomic E-state index is 12.9. The van der Waals surface area contributed by atoms with Gasteiger partial charge in [-0.1, -0.05) is 42.0 Å². The zero-order chi connectivity index (χ0) is 19.5. The van der Waals surface area contributed by atoms with E-state index in [1.165, 1.54) is 5.56 Å². The van der Waals surface area contributed by atoms with Crippen LogP contribution in [0.1, 0.15) is 21.5 Å². The molecule has 4 rings (SSSR count). The topological polar surface area (TPSA) is 53.8 Å². The van der Waals surface area contributed by atoms with Crippen LogP contribution >= 0.6 is 0 Å². The first-order valence-electron chi connectivity index (χ1n) is 9.37. The molecule has 0 saturated carbocycles. The van der Waals surface area contributed by atoms with E-state index in [-0.39, 0.29) is 18.4 Å². The van der Waals surface area contributed by atoms with Crippen LogP contribution in [0.15, 0.2) is 71.3 Å². The van der Waals surface area contributed by atoms with Crippen molar-refractivity contribution in [2.24, 2.45) is 0 Å². The molecule has 28 heavy (non-hydrogen) atoms. The van der Waals surface area contributed by atoms with Gasteiger partial charge < -0.3 is 14.2 Å². The third-order valence-corrected chi connectivity index (χ3v) is 5.02. The Labute approximate surface area is 164 Å². The Hall–Kier alpha value is -3.34. The summed E-state index contributed by atoms with van der Waals surface area (Å²) < 4.78 is 5.41. The summed E-state index contributed by atoms with van der Waals surface area (Å²) in [7, 11) is 0. The molecule has 5 nitrogen and oxygen atoms in total. The number of carbonyl (C=O) groups is 2. The predicted molar refractivity (Wildman–Crippen MR) is 107 cm³/mol. The molecule has 5 heteroatoms. The lowest BCUT2D eigenvalue weighted by molar-refractivity contribution is -0.135. The van der Waals surface area contributed by atoms with Crippen molar-refractivity contribution in [2.75, 3.05) is 19.6 Å². The van der Waals surface area contributed by atoms with Gasteiger partial charge in [-0.2, -0.15) is 0 Å². The van der Waals surface area contributed by atoms with Crippen molar-refractivity contribution in [3.8, 4) is 11.3 Å². The lowest BCUT2D eigenvalue weighted by Gasteiger charge is -2.34. The van der Waals surface area contributed by atoms with Crippen molar-refractivity contribution in [1.29, 1.82) is 0 Å². The molecule has 3 aromatic rings. The summed E-state index contributed by atoms with van der Waals surface area (Å²) in [6.07, 6.45) is 1.61. The van der Waals surface area contributed by atoms with Crippen LogP contribution in [0.4, 0.5) is 0 Å². The van der Waals surface area contributed by atoms with E-state index in [1.54, 1.807) is 17.2 Å². The molecule has 1 aliphatic rings. The van der Waals surface area contributed by atoms with Crippen molar-refractivity contribution < 1.29 is 14.0 Å². The SMILES string of the molecule is Cc1ccc(CN2CCN(C(=O)c3cccc(-c4ccco4)c3)CC2=O)cc1. The minimum atomic E-state index is -0.128. The summed E-state index contributed by atoms with van der Waals surface area (Å²) >= 11 is 0. The molecule has 1 aliphatic heterocycles.